The van der Waals surface area contributed by atoms with Crippen LogP contribution in [0.15, 0.2) is 170 Å². The van der Waals surface area contributed by atoms with Gasteiger partial charge in [-0.15, -0.1) is 0 Å². The van der Waals surface area contributed by atoms with Crippen LogP contribution in [0.2, 0.25) is 0 Å². The Morgan fingerprint density at radius 1 is 0.276 bits per heavy atom. The first-order chi connectivity index (χ1) is 28.3. The number of hydrogen-bond acceptors (Lipinski definition) is 0. The number of hydrogen-bond donors (Lipinski definition) is 1. The van der Waals surface area contributed by atoms with Gasteiger partial charge in [-0.3, -0.25) is 0 Å². The van der Waals surface area contributed by atoms with Crippen molar-refractivity contribution >= 4 is 65.4 Å². The number of nitrogens with zero attached hydrogens (tertiary/aromatic N) is 2. The number of fused-ring (bicyclic) bond motifs is 9. The maximum absolute atomic E-state index is 3.38. The summed E-state index contributed by atoms with van der Waals surface area (Å²) in [4.78, 5) is 3.38. The molecule has 3 aromatic heterocycles. The van der Waals surface area contributed by atoms with Crippen molar-refractivity contribution in [3.8, 4) is 11.4 Å². The Labute approximate surface area is 350 Å². The maximum atomic E-state index is 3.38. The van der Waals surface area contributed by atoms with Crippen LogP contribution in [-0.2, 0) is 0 Å². The summed E-state index contributed by atoms with van der Waals surface area (Å²) in [5.74, 6) is 0. The van der Waals surface area contributed by atoms with Crippen LogP contribution in [0, 0.1) is 0 Å². The smallest absolute Gasteiger partial charge is 0.0541 e. The fourth-order valence-electron chi connectivity index (χ4n) is 6.97. The lowest BCUT2D eigenvalue weighted by molar-refractivity contribution is 1.13. The van der Waals surface area contributed by atoms with Crippen molar-refractivity contribution in [1.29, 1.82) is 0 Å². The Bertz CT molecular complexity index is 2380. The summed E-state index contributed by atoms with van der Waals surface area (Å²) in [6.07, 6.45) is 0. The predicted molar refractivity (Wildman–Crippen MR) is 266 cm³/mol. The van der Waals surface area contributed by atoms with E-state index in [1.165, 1.54) is 76.8 Å². The first-order valence-electron chi connectivity index (χ1n) is 21.4. The van der Waals surface area contributed by atoms with Gasteiger partial charge in [0.1, 0.15) is 0 Å². The summed E-state index contributed by atoms with van der Waals surface area (Å²) in [5.41, 5.74) is 9.68. The number of benzene rings is 7. The standard InChI is InChI=1S/C30H20N2.C12H9N.6C2H6.CH4/c1-5-16-27-23(12-1)24-13-2-6-17-28(24)31(27)21-10-9-11-22(20-21)32-29-18-7-3-14-25(29)26-15-4-8-19-30(26)32;1-3-7-11-9(5-1)10-6-2-4-8-12(10)13-11;6*1-2;/h1-20H;1-8,13H;6*1-2H3;1H4. The first-order valence-corrected chi connectivity index (χ1v) is 21.4. The van der Waals surface area contributed by atoms with Crippen molar-refractivity contribution in [1.82, 2.24) is 14.1 Å². The Morgan fingerprint density at radius 3 is 0.810 bits per heavy atom. The van der Waals surface area contributed by atoms with Gasteiger partial charge in [-0.2, -0.15) is 0 Å². The largest absolute Gasteiger partial charge is 0.355 e. The normalized spacial score (nSPS) is 9.59. The molecule has 0 spiro atoms. The molecule has 1 N–H and O–H groups in total. The molecule has 7 aromatic carbocycles. The highest BCUT2D eigenvalue weighted by molar-refractivity contribution is 6.10. The lowest BCUT2D eigenvalue weighted by Crippen LogP contribution is -1.98. The molecule has 0 saturated heterocycles. The fraction of sp³-hybridized carbons (Fsp3) is 0.236. The summed E-state index contributed by atoms with van der Waals surface area (Å²) in [7, 11) is 0. The summed E-state index contributed by atoms with van der Waals surface area (Å²) in [6.45, 7) is 24.0. The van der Waals surface area contributed by atoms with Gasteiger partial charge in [0, 0.05) is 54.7 Å². The Balaban J connectivity index is 0.000000374. The molecule has 0 amide bonds. The van der Waals surface area contributed by atoms with Gasteiger partial charge in [0.05, 0.1) is 22.1 Å². The molecular weight excluding hydrogens is 703 g/mol. The average Bonchev–Trinajstić information content (AvgIpc) is 3.99. The molecular formula is C55H69N3. The SMILES string of the molecule is C.CC.CC.CC.CC.CC.CC.c1cc(-n2c3ccccc3c3ccccc32)cc(-n2c3ccccc3c3ccccc32)c1.c1ccc2c(c1)[nH]c1ccccc12. The van der Waals surface area contributed by atoms with Gasteiger partial charge in [-0.05, 0) is 54.6 Å². The van der Waals surface area contributed by atoms with Gasteiger partial charge < -0.3 is 14.1 Å². The van der Waals surface area contributed by atoms with Crippen LogP contribution in [-0.4, -0.2) is 14.1 Å². The predicted octanol–water partition coefficient (Wildman–Crippen LogP) is 18.0. The zero-order valence-electron chi connectivity index (χ0n) is 36.6. The molecule has 3 heterocycles. The molecule has 58 heavy (non-hydrogen) atoms. The Kier molecular flexibility index (Phi) is 20.9. The van der Waals surface area contributed by atoms with Gasteiger partial charge in [-0.25, -0.2) is 0 Å². The van der Waals surface area contributed by atoms with Crippen molar-refractivity contribution in [3.63, 3.8) is 0 Å². The van der Waals surface area contributed by atoms with Crippen LogP contribution in [0.3, 0.4) is 0 Å². The van der Waals surface area contributed by atoms with Crippen LogP contribution in [0.25, 0.3) is 76.8 Å². The third kappa shape index (κ3) is 9.90. The topological polar surface area (TPSA) is 25.6 Å². The van der Waals surface area contributed by atoms with Crippen molar-refractivity contribution in [2.75, 3.05) is 0 Å². The van der Waals surface area contributed by atoms with E-state index in [1.54, 1.807) is 0 Å². The quantitative estimate of drug-likeness (QED) is 0.181. The average molecular weight is 772 g/mol. The van der Waals surface area contributed by atoms with Gasteiger partial charge in [0.2, 0.25) is 0 Å². The van der Waals surface area contributed by atoms with Gasteiger partial charge in [-0.1, -0.05) is 206 Å². The molecule has 0 atom stereocenters. The van der Waals surface area contributed by atoms with Gasteiger partial charge in [0.25, 0.3) is 0 Å². The number of aromatic nitrogens is 3. The second-order valence-corrected chi connectivity index (χ2v) is 11.5. The minimum absolute atomic E-state index is 0. The molecule has 10 rings (SSSR count). The van der Waals surface area contributed by atoms with Crippen molar-refractivity contribution in [2.45, 2.75) is 90.5 Å². The van der Waals surface area contributed by atoms with E-state index >= 15 is 0 Å². The third-order valence-corrected chi connectivity index (χ3v) is 8.92. The number of aromatic amines is 1. The van der Waals surface area contributed by atoms with Crippen LogP contribution in [0.5, 0.6) is 0 Å². The molecule has 0 aliphatic carbocycles. The zero-order chi connectivity index (χ0) is 41.7. The molecule has 0 unspecified atom stereocenters. The molecule has 0 bridgehead atoms. The molecule has 0 aliphatic rings. The van der Waals surface area contributed by atoms with Crippen LogP contribution in [0.4, 0.5) is 0 Å². The van der Waals surface area contributed by atoms with E-state index in [-0.39, 0.29) is 7.43 Å². The van der Waals surface area contributed by atoms with Gasteiger partial charge in [0.15, 0.2) is 0 Å². The monoisotopic (exact) mass is 772 g/mol. The number of H-pyrrole nitrogens is 1. The molecule has 304 valence electrons. The molecule has 3 nitrogen and oxygen atoms in total. The summed E-state index contributed by atoms with van der Waals surface area (Å²) in [6, 6.07) is 60.3. The van der Waals surface area contributed by atoms with E-state index in [2.05, 4.69) is 184 Å². The Hall–Kier alpha value is -6.06. The molecule has 10 aromatic rings. The van der Waals surface area contributed by atoms with Crippen molar-refractivity contribution in [3.05, 3.63) is 170 Å². The van der Waals surface area contributed by atoms with E-state index in [9.17, 15) is 0 Å². The number of rotatable bonds is 2. The van der Waals surface area contributed by atoms with Crippen LogP contribution < -0.4 is 0 Å². The minimum atomic E-state index is 0. The molecule has 0 aliphatic heterocycles. The summed E-state index contributed by atoms with van der Waals surface area (Å²) < 4.78 is 4.75. The second kappa shape index (κ2) is 25.2. The highest BCUT2D eigenvalue weighted by atomic mass is 15.0. The van der Waals surface area contributed by atoms with E-state index in [1.807, 2.05) is 83.1 Å². The fourth-order valence-corrected chi connectivity index (χ4v) is 6.97. The van der Waals surface area contributed by atoms with Crippen molar-refractivity contribution in [2.24, 2.45) is 0 Å². The lowest BCUT2D eigenvalue weighted by Gasteiger charge is -2.12. The zero-order valence-corrected chi connectivity index (χ0v) is 36.6. The Morgan fingerprint density at radius 2 is 0.517 bits per heavy atom. The minimum Gasteiger partial charge on any atom is -0.355 e. The summed E-state index contributed by atoms with van der Waals surface area (Å²) in [5, 5.41) is 7.74. The second-order valence-electron chi connectivity index (χ2n) is 11.5. The van der Waals surface area contributed by atoms with E-state index < -0.39 is 0 Å². The molecule has 3 heteroatoms. The molecule has 0 fully saturated rings. The van der Waals surface area contributed by atoms with E-state index in [0.29, 0.717) is 0 Å². The first kappa shape index (κ1) is 48.1. The van der Waals surface area contributed by atoms with E-state index in [0.717, 1.165) is 0 Å². The molecule has 0 radical (unpaired) electrons. The maximum Gasteiger partial charge on any atom is 0.0541 e. The van der Waals surface area contributed by atoms with Crippen molar-refractivity contribution < 1.29 is 0 Å². The molecule has 0 saturated carbocycles. The number of nitrogens with one attached hydrogen (secondary N) is 1. The highest BCUT2D eigenvalue weighted by Crippen LogP contribution is 2.35. The highest BCUT2D eigenvalue weighted by Gasteiger charge is 2.14. The third-order valence-electron chi connectivity index (χ3n) is 8.92. The van der Waals surface area contributed by atoms with Crippen LogP contribution >= 0.6 is 0 Å². The van der Waals surface area contributed by atoms with Crippen LogP contribution in [0.1, 0.15) is 90.5 Å². The van der Waals surface area contributed by atoms with E-state index in [4.69, 9.17) is 0 Å². The van der Waals surface area contributed by atoms with Gasteiger partial charge >= 0.3 is 0 Å². The number of para-hydroxylation sites is 6. The lowest BCUT2D eigenvalue weighted by atomic mass is 10.2. The summed E-state index contributed by atoms with van der Waals surface area (Å²) >= 11 is 0.